The van der Waals surface area contributed by atoms with Gasteiger partial charge < -0.3 is 4.74 Å². The molecule has 0 amide bonds. The molecule has 0 radical (unpaired) electrons. The van der Waals surface area contributed by atoms with Gasteiger partial charge >= 0.3 is 0 Å². The van der Waals surface area contributed by atoms with Crippen LogP contribution in [0.4, 0.5) is 0 Å². The van der Waals surface area contributed by atoms with Crippen molar-refractivity contribution < 1.29 is 14.3 Å². The molecule has 25 heavy (non-hydrogen) atoms. The second-order valence-corrected chi connectivity index (χ2v) is 10.6. The van der Waals surface area contributed by atoms with E-state index in [1.54, 1.807) is 0 Å². The van der Waals surface area contributed by atoms with Crippen LogP contribution in [-0.2, 0) is 14.3 Å². The predicted molar refractivity (Wildman–Crippen MR) is 95.0 cm³/mol. The number of hydrogen-bond donors (Lipinski definition) is 0. The quantitative estimate of drug-likeness (QED) is 0.670. The zero-order valence-electron chi connectivity index (χ0n) is 16.0. The molecule has 138 valence electrons. The van der Waals surface area contributed by atoms with Gasteiger partial charge in [0.2, 0.25) is 0 Å². The second-order valence-electron chi connectivity index (χ2n) is 10.6. The van der Waals surface area contributed by atoms with E-state index >= 15 is 0 Å². The minimum atomic E-state index is 0.0147. The van der Waals surface area contributed by atoms with E-state index in [0.29, 0.717) is 53.5 Å². The van der Waals surface area contributed by atoms with Crippen LogP contribution in [0, 0.1) is 40.4 Å². The lowest BCUT2D eigenvalue weighted by molar-refractivity contribution is -0.159. The van der Waals surface area contributed by atoms with Gasteiger partial charge in [0.1, 0.15) is 11.6 Å². The van der Waals surface area contributed by atoms with E-state index in [9.17, 15) is 9.59 Å². The number of ether oxygens (including phenoxy) is 1. The molecule has 8 atom stereocenters. The first-order valence-electron chi connectivity index (χ1n) is 10.5. The van der Waals surface area contributed by atoms with Gasteiger partial charge in [0, 0.05) is 25.2 Å². The molecule has 5 rings (SSSR count). The maximum Gasteiger partial charge on any atom is 0.137 e. The van der Waals surface area contributed by atoms with E-state index in [0.717, 1.165) is 19.4 Å². The van der Waals surface area contributed by atoms with Crippen LogP contribution in [0.15, 0.2) is 0 Å². The molecular formula is C22H32O3. The van der Waals surface area contributed by atoms with Crippen molar-refractivity contribution in [2.75, 3.05) is 6.61 Å². The normalized spacial score (nSPS) is 57.6. The number of carbonyl (C=O) groups is 2. The van der Waals surface area contributed by atoms with Crippen molar-refractivity contribution in [2.24, 2.45) is 40.4 Å². The van der Waals surface area contributed by atoms with Crippen LogP contribution in [0.25, 0.3) is 0 Å². The molecule has 3 nitrogen and oxygen atoms in total. The van der Waals surface area contributed by atoms with E-state index in [-0.39, 0.29) is 16.9 Å². The topological polar surface area (TPSA) is 46.7 Å². The first-order chi connectivity index (χ1) is 11.8. The van der Waals surface area contributed by atoms with E-state index in [1.807, 2.05) is 0 Å². The van der Waals surface area contributed by atoms with Gasteiger partial charge in [-0.25, -0.2) is 0 Å². The third-order valence-electron chi connectivity index (χ3n) is 9.62. The molecule has 0 unspecified atom stereocenters. The number of ketones is 2. The first-order valence-corrected chi connectivity index (χ1v) is 10.5. The highest BCUT2D eigenvalue weighted by Crippen LogP contribution is 2.69. The smallest absolute Gasteiger partial charge is 0.137 e. The van der Waals surface area contributed by atoms with Crippen molar-refractivity contribution in [2.45, 2.75) is 77.7 Å². The van der Waals surface area contributed by atoms with Gasteiger partial charge in [-0.1, -0.05) is 13.8 Å². The fraction of sp³-hybridized carbons (Fsp3) is 0.909. The van der Waals surface area contributed by atoms with Crippen molar-refractivity contribution in [3.05, 3.63) is 0 Å². The summed E-state index contributed by atoms with van der Waals surface area (Å²) in [5.74, 6) is 3.27. The zero-order valence-corrected chi connectivity index (χ0v) is 16.0. The molecule has 0 aromatic rings. The molecule has 4 aliphatic carbocycles. The van der Waals surface area contributed by atoms with E-state index in [4.69, 9.17) is 4.74 Å². The highest BCUT2D eigenvalue weighted by atomic mass is 16.6. The van der Waals surface area contributed by atoms with Crippen LogP contribution < -0.4 is 0 Å². The van der Waals surface area contributed by atoms with Crippen LogP contribution >= 0.6 is 0 Å². The van der Waals surface area contributed by atoms with Crippen LogP contribution in [0.5, 0.6) is 0 Å². The number of Topliss-reactive ketones (excluding diaryl/α,β-unsaturated/α-hetero) is 2. The Morgan fingerprint density at radius 3 is 2.36 bits per heavy atom. The summed E-state index contributed by atoms with van der Waals surface area (Å²) in [6.45, 7) is 8.07. The number of carbonyl (C=O) groups excluding carboxylic acids is 2. The van der Waals surface area contributed by atoms with Crippen molar-refractivity contribution in [1.29, 1.82) is 0 Å². The maximum atomic E-state index is 13.0. The molecule has 1 aliphatic heterocycles. The van der Waals surface area contributed by atoms with Crippen LogP contribution in [0.1, 0.15) is 72.1 Å². The lowest BCUT2D eigenvalue weighted by Gasteiger charge is -2.59. The summed E-state index contributed by atoms with van der Waals surface area (Å²) in [4.78, 5) is 25.0. The van der Waals surface area contributed by atoms with E-state index in [1.165, 1.54) is 25.7 Å². The van der Waals surface area contributed by atoms with Gasteiger partial charge in [-0.15, -0.1) is 0 Å². The summed E-state index contributed by atoms with van der Waals surface area (Å²) in [5, 5.41) is 0. The molecule has 4 saturated carbocycles. The predicted octanol–water partition coefficient (Wildman–Crippen LogP) is 4.18. The van der Waals surface area contributed by atoms with Crippen LogP contribution in [0.3, 0.4) is 0 Å². The Bertz CT molecular complexity index is 635. The fourth-order valence-electron chi connectivity index (χ4n) is 8.15. The monoisotopic (exact) mass is 344 g/mol. The summed E-state index contributed by atoms with van der Waals surface area (Å²) in [6.07, 6.45) is 7.97. The van der Waals surface area contributed by atoms with Crippen LogP contribution in [0.2, 0.25) is 0 Å². The Kier molecular flexibility index (Phi) is 3.27. The highest BCUT2D eigenvalue weighted by Gasteiger charge is 2.66. The average Bonchev–Trinajstić information content (AvgIpc) is 3.18. The zero-order chi connectivity index (χ0) is 17.6. The van der Waals surface area contributed by atoms with Gasteiger partial charge in [-0.3, -0.25) is 9.59 Å². The summed E-state index contributed by atoms with van der Waals surface area (Å²) in [5.41, 5.74) is 0.534. The summed E-state index contributed by atoms with van der Waals surface area (Å²) < 4.78 is 5.86. The molecule has 1 heterocycles. The van der Waals surface area contributed by atoms with Gasteiger partial charge in [-0.2, -0.15) is 0 Å². The summed E-state index contributed by atoms with van der Waals surface area (Å²) >= 11 is 0. The number of rotatable bonds is 1. The molecule has 0 aromatic carbocycles. The summed E-state index contributed by atoms with van der Waals surface area (Å²) in [6, 6.07) is 0. The van der Waals surface area contributed by atoms with E-state index < -0.39 is 0 Å². The van der Waals surface area contributed by atoms with Crippen molar-refractivity contribution in [1.82, 2.24) is 0 Å². The maximum absolute atomic E-state index is 13.0. The minimum Gasteiger partial charge on any atom is -0.370 e. The second kappa shape index (κ2) is 4.97. The van der Waals surface area contributed by atoms with Gasteiger partial charge in [0.25, 0.3) is 0 Å². The third-order valence-corrected chi connectivity index (χ3v) is 9.62. The minimum absolute atomic E-state index is 0.0147. The molecule has 0 aromatic heterocycles. The van der Waals surface area contributed by atoms with Crippen LogP contribution in [-0.4, -0.2) is 23.8 Å². The largest absolute Gasteiger partial charge is 0.370 e. The SMILES string of the molecule is C[C@]12CCC(=O)C[C@@H]1C(=O)C[C@@H]1[C@H]2CC[C@@]2(C)[C@@H]1CC[C@H]2[C@@]1(C)CO1. The average molecular weight is 344 g/mol. The van der Waals surface area contributed by atoms with Crippen molar-refractivity contribution in [3.8, 4) is 0 Å². The lowest BCUT2D eigenvalue weighted by atomic mass is 9.44. The third kappa shape index (κ3) is 2.08. The Balaban J connectivity index is 1.48. The Hall–Kier alpha value is -0.700. The van der Waals surface area contributed by atoms with Gasteiger partial charge in [0.05, 0.1) is 12.2 Å². The summed E-state index contributed by atoms with van der Waals surface area (Å²) in [7, 11) is 0. The number of epoxide rings is 1. The lowest BCUT2D eigenvalue weighted by Crippen LogP contribution is -2.57. The standard InChI is InChI=1S/C22H32O3/c1-20-8-6-13(23)10-17(20)18(24)11-14-15-4-5-19(22(3)12-25-22)21(15,2)9-7-16(14)20/h14-17,19H,4-12H2,1-3H3/t14-,15+,16+,17+,19+,20+,21-,22+/m0/s1. The Labute approximate surface area is 151 Å². The molecule has 0 N–H and O–H groups in total. The van der Waals surface area contributed by atoms with Crippen molar-refractivity contribution in [3.63, 3.8) is 0 Å². The Morgan fingerprint density at radius 2 is 1.64 bits per heavy atom. The molecule has 5 fully saturated rings. The van der Waals surface area contributed by atoms with E-state index in [2.05, 4.69) is 20.8 Å². The molecule has 1 saturated heterocycles. The number of fused-ring (bicyclic) bond motifs is 5. The molecule has 0 spiro atoms. The van der Waals surface area contributed by atoms with Gasteiger partial charge in [-0.05, 0) is 73.5 Å². The number of hydrogen-bond acceptors (Lipinski definition) is 3. The molecule has 5 aliphatic rings. The highest BCUT2D eigenvalue weighted by molar-refractivity contribution is 5.90. The molecule has 0 bridgehead atoms. The van der Waals surface area contributed by atoms with Gasteiger partial charge in [0.15, 0.2) is 0 Å². The Morgan fingerprint density at radius 1 is 0.920 bits per heavy atom. The van der Waals surface area contributed by atoms with Crippen molar-refractivity contribution >= 4 is 11.6 Å². The first kappa shape index (κ1) is 16.5. The molecule has 3 heteroatoms. The molecular weight excluding hydrogens is 312 g/mol. The fourth-order valence-corrected chi connectivity index (χ4v) is 8.15.